The Morgan fingerprint density at radius 1 is 1.14 bits per heavy atom. The van der Waals surface area contributed by atoms with Gasteiger partial charge in [-0.1, -0.05) is 29.8 Å². The van der Waals surface area contributed by atoms with Gasteiger partial charge in [0.2, 0.25) is 12.1 Å². The first-order valence-corrected chi connectivity index (χ1v) is 12.4. The summed E-state index contributed by atoms with van der Waals surface area (Å²) < 4.78 is 0. The van der Waals surface area contributed by atoms with E-state index in [4.69, 9.17) is 28.8 Å². The van der Waals surface area contributed by atoms with Crippen molar-refractivity contribution in [3.8, 4) is 0 Å². The van der Waals surface area contributed by atoms with Gasteiger partial charge < -0.3 is 20.0 Å². The number of halogens is 1. The molecule has 1 unspecified atom stereocenters. The third-order valence-electron chi connectivity index (χ3n) is 6.33. The number of amides is 1. The van der Waals surface area contributed by atoms with E-state index in [0.717, 1.165) is 48.5 Å². The van der Waals surface area contributed by atoms with Gasteiger partial charge in [0.25, 0.3) is 5.91 Å². The number of likely N-dealkylation sites (N-methyl/N-ethyl adjacent to an activating group) is 1. The summed E-state index contributed by atoms with van der Waals surface area (Å²) in [7, 11) is 1.76. The topological polar surface area (TPSA) is 77.0 Å². The number of anilines is 2. The molecular weight excluding hydrogens is 482 g/mol. The van der Waals surface area contributed by atoms with Crippen molar-refractivity contribution in [2.45, 2.75) is 19.0 Å². The zero-order chi connectivity index (χ0) is 24.4. The zero-order valence-electron chi connectivity index (χ0n) is 19.4. The summed E-state index contributed by atoms with van der Waals surface area (Å²) in [6, 6.07) is 7.33. The van der Waals surface area contributed by atoms with Gasteiger partial charge in [-0.3, -0.25) is 4.79 Å². The van der Waals surface area contributed by atoms with Crippen LogP contribution in [-0.4, -0.2) is 71.0 Å². The molecule has 1 atom stereocenters. The monoisotopic (exact) mass is 507 g/mol. The highest BCUT2D eigenvalue weighted by molar-refractivity contribution is 7.80. The van der Waals surface area contributed by atoms with Crippen molar-refractivity contribution in [3.63, 3.8) is 0 Å². The van der Waals surface area contributed by atoms with Crippen LogP contribution < -0.4 is 15.1 Å². The Hall–Kier alpha value is -3.30. The smallest absolute Gasteiger partial charge is 0.272 e. The number of piperazine rings is 1. The first kappa shape index (κ1) is 23.4. The summed E-state index contributed by atoms with van der Waals surface area (Å²) in [5.74, 6) is 0.536. The molecule has 2 aliphatic heterocycles. The van der Waals surface area contributed by atoms with E-state index in [-0.39, 0.29) is 5.91 Å². The lowest BCUT2D eigenvalue weighted by molar-refractivity contribution is -0.119. The molecule has 1 N–H and O–H groups in total. The lowest BCUT2D eigenvalue weighted by atomic mass is 9.96. The predicted octanol–water partition coefficient (Wildman–Crippen LogP) is 3.19. The van der Waals surface area contributed by atoms with Gasteiger partial charge in [0.1, 0.15) is 0 Å². The average molecular weight is 508 g/mol. The Bertz CT molecular complexity index is 1220. The summed E-state index contributed by atoms with van der Waals surface area (Å²) in [4.78, 5) is 32.8. The minimum Gasteiger partial charge on any atom is -0.346 e. The molecule has 2 aromatic rings. The SMILES string of the molecule is CN1C(=O)C(NC(=S)N2CCN(c3ncccn3)CC2)N=C(C2=CCCC=C2)c2cc(Cl)ccc21. The first-order valence-electron chi connectivity index (χ1n) is 11.6. The number of nitrogens with zero attached hydrogens (tertiary/aromatic N) is 6. The number of benzene rings is 1. The molecule has 3 heterocycles. The van der Waals surface area contributed by atoms with Gasteiger partial charge in [0.05, 0.1) is 11.4 Å². The summed E-state index contributed by atoms with van der Waals surface area (Å²) in [5, 5.41) is 4.33. The van der Waals surface area contributed by atoms with Crippen LogP contribution in [0.5, 0.6) is 0 Å². The molecule has 1 amide bonds. The quantitative estimate of drug-likeness (QED) is 0.639. The number of carbonyl (C=O) groups is 1. The number of fused-ring (bicyclic) bond motifs is 1. The molecule has 0 radical (unpaired) electrons. The Kier molecular flexibility index (Phi) is 6.79. The number of hydrogen-bond donors (Lipinski definition) is 1. The molecule has 1 aliphatic carbocycles. The number of benzodiazepines with no additional fused rings is 1. The summed E-state index contributed by atoms with van der Waals surface area (Å²) in [5.41, 5.74) is 3.32. The summed E-state index contributed by atoms with van der Waals surface area (Å²) in [6.45, 7) is 2.86. The van der Waals surface area contributed by atoms with Gasteiger partial charge in [-0.15, -0.1) is 0 Å². The van der Waals surface area contributed by atoms with Crippen molar-refractivity contribution in [2.75, 3.05) is 43.0 Å². The van der Waals surface area contributed by atoms with Crippen molar-refractivity contribution in [1.29, 1.82) is 0 Å². The summed E-state index contributed by atoms with van der Waals surface area (Å²) in [6.07, 6.45) is 10.9. The Morgan fingerprint density at radius 3 is 2.63 bits per heavy atom. The summed E-state index contributed by atoms with van der Waals surface area (Å²) >= 11 is 12.1. The molecule has 0 bridgehead atoms. The van der Waals surface area contributed by atoms with Gasteiger partial charge >= 0.3 is 0 Å². The van der Waals surface area contributed by atoms with Crippen LogP contribution in [0.2, 0.25) is 5.02 Å². The Morgan fingerprint density at radius 2 is 1.91 bits per heavy atom. The molecule has 1 aromatic carbocycles. The fourth-order valence-corrected chi connectivity index (χ4v) is 4.90. The molecule has 1 fully saturated rings. The number of thiocarbonyl (C=S) groups is 1. The lowest BCUT2D eigenvalue weighted by Gasteiger charge is -2.36. The van der Waals surface area contributed by atoms with Crippen LogP contribution in [0.4, 0.5) is 11.6 Å². The standard InChI is InChI=1S/C25H26ClN7OS/c1-31-20-9-8-18(26)16-19(20)21(17-6-3-2-4-7-17)29-22(23(31)34)30-25(35)33-14-12-32(13-15-33)24-27-10-5-11-28-24/h3,5-11,16,22H,2,4,12-15H2,1H3,(H,30,35). The van der Waals surface area contributed by atoms with Gasteiger partial charge in [0, 0.05) is 56.2 Å². The number of carbonyl (C=O) groups excluding carboxylic acids is 1. The fraction of sp³-hybridized carbons (Fsp3) is 0.320. The second-order valence-corrected chi connectivity index (χ2v) is 9.37. The molecule has 3 aliphatic rings. The second kappa shape index (κ2) is 10.1. The second-order valence-electron chi connectivity index (χ2n) is 8.55. The third-order valence-corrected chi connectivity index (χ3v) is 6.94. The van der Waals surface area contributed by atoms with E-state index in [1.807, 2.05) is 12.1 Å². The molecule has 0 saturated carbocycles. The Balaban J connectivity index is 1.37. The van der Waals surface area contributed by atoms with Gasteiger partial charge in [-0.2, -0.15) is 0 Å². The highest BCUT2D eigenvalue weighted by atomic mass is 35.5. The van der Waals surface area contributed by atoms with E-state index in [1.54, 1.807) is 36.5 Å². The third kappa shape index (κ3) is 4.92. The maximum absolute atomic E-state index is 13.5. The molecule has 1 saturated heterocycles. The minimum atomic E-state index is -0.847. The van der Waals surface area contributed by atoms with Crippen LogP contribution in [0.1, 0.15) is 18.4 Å². The number of nitrogens with one attached hydrogen (secondary N) is 1. The van der Waals surface area contributed by atoms with Crippen molar-refractivity contribution in [3.05, 3.63) is 71.0 Å². The highest BCUT2D eigenvalue weighted by Gasteiger charge is 2.32. The van der Waals surface area contributed by atoms with E-state index in [1.165, 1.54) is 0 Å². The van der Waals surface area contributed by atoms with E-state index in [0.29, 0.717) is 29.2 Å². The Labute approximate surface area is 215 Å². The van der Waals surface area contributed by atoms with Crippen LogP contribution in [0.15, 0.2) is 65.5 Å². The van der Waals surface area contributed by atoms with E-state index >= 15 is 0 Å². The number of aromatic nitrogens is 2. The first-order chi connectivity index (χ1) is 17.0. The van der Waals surface area contributed by atoms with Gasteiger partial charge in [-0.05, 0) is 54.9 Å². The van der Waals surface area contributed by atoms with E-state index in [9.17, 15) is 4.79 Å². The molecular formula is C25H26ClN7OS. The molecule has 1 aromatic heterocycles. The van der Waals surface area contributed by atoms with Crippen molar-refractivity contribution >= 4 is 52.2 Å². The number of rotatable bonds is 3. The number of aliphatic imine (C=N–C) groups is 1. The highest BCUT2D eigenvalue weighted by Crippen LogP contribution is 2.31. The number of hydrogen-bond acceptors (Lipinski definition) is 6. The normalized spacial score (nSPS) is 20.1. The van der Waals surface area contributed by atoms with Crippen molar-refractivity contribution in [2.24, 2.45) is 4.99 Å². The average Bonchev–Trinajstić information content (AvgIpc) is 3.00. The largest absolute Gasteiger partial charge is 0.346 e. The molecule has 8 nitrogen and oxygen atoms in total. The van der Waals surface area contributed by atoms with E-state index < -0.39 is 6.17 Å². The van der Waals surface area contributed by atoms with Crippen LogP contribution >= 0.6 is 23.8 Å². The molecule has 180 valence electrons. The molecule has 35 heavy (non-hydrogen) atoms. The minimum absolute atomic E-state index is 0.178. The fourth-order valence-electron chi connectivity index (χ4n) is 4.43. The number of allylic oxidation sites excluding steroid dienone is 4. The van der Waals surface area contributed by atoms with E-state index in [2.05, 4.69) is 43.3 Å². The van der Waals surface area contributed by atoms with Crippen LogP contribution in [-0.2, 0) is 4.79 Å². The van der Waals surface area contributed by atoms with Crippen molar-refractivity contribution in [1.82, 2.24) is 20.2 Å². The van der Waals surface area contributed by atoms with Crippen LogP contribution in [0, 0.1) is 0 Å². The van der Waals surface area contributed by atoms with Gasteiger partial charge in [0.15, 0.2) is 5.11 Å². The molecule has 5 rings (SSSR count). The maximum atomic E-state index is 13.5. The molecule has 0 spiro atoms. The van der Waals surface area contributed by atoms with Crippen LogP contribution in [0.3, 0.4) is 0 Å². The van der Waals surface area contributed by atoms with Crippen molar-refractivity contribution < 1.29 is 4.79 Å². The molecule has 10 heteroatoms. The maximum Gasteiger partial charge on any atom is 0.272 e. The lowest BCUT2D eigenvalue weighted by Crippen LogP contribution is -2.55. The van der Waals surface area contributed by atoms with Gasteiger partial charge in [-0.25, -0.2) is 15.0 Å². The zero-order valence-corrected chi connectivity index (χ0v) is 21.0. The van der Waals surface area contributed by atoms with Crippen LogP contribution in [0.25, 0.3) is 0 Å². The predicted molar refractivity (Wildman–Crippen MR) is 143 cm³/mol.